The number of hydrogen-bond acceptors (Lipinski definition) is 4. The van der Waals surface area contributed by atoms with Crippen molar-refractivity contribution in [2.75, 3.05) is 19.7 Å². The van der Waals surface area contributed by atoms with Crippen LogP contribution in [-0.4, -0.2) is 31.4 Å². The van der Waals surface area contributed by atoms with Gasteiger partial charge in [-0.25, -0.2) is 0 Å². The fourth-order valence-electron chi connectivity index (χ4n) is 1.79. The summed E-state index contributed by atoms with van der Waals surface area (Å²) >= 11 is 0. The molecule has 0 aliphatic carbocycles. The first kappa shape index (κ1) is 20.4. The van der Waals surface area contributed by atoms with Crippen molar-refractivity contribution in [3.05, 3.63) is 29.8 Å². The molecule has 5 nitrogen and oxygen atoms in total. The van der Waals surface area contributed by atoms with E-state index >= 15 is 0 Å². The molecule has 0 aliphatic rings. The Kier molecular flexibility index (Phi) is 11.1. The van der Waals surface area contributed by atoms with Crippen molar-refractivity contribution in [2.24, 2.45) is 5.73 Å². The summed E-state index contributed by atoms with van der Waals surface area (Å²) in [6.07, 6.45) is 2.96. The maximum Gasteiger partial charge on any atom is 0.220 e. The molecule has 0 radical (unpaired) electrons. The number of nitrogens with two attached hydrogens (primary N) is 1. The largest absolute Gasteiger partial charge is 0.494 e. The molecule has 0 heterocycles. The van der Waals surface area contributed by atoms with Gasteiger partial charge in [0.25, 0.3) is 0 Å². The van der Waals surface area contributed by atoms with Gasteiger partial charge in [-0.2, -0.15) is 0 Å². The smallest absolute Gasteiger partial charge is 0.220 e. The van der Waals surface area contributed by atoms with E-state index in [-0.39, 0.29) is 24.1 Å². The molecular formula is C16H25ClN2O3. The van der Waals surface area contributed by atoms with Crippen LogP contribution in [-0.2, 0) is 4.79 Å². The molecule has 6 heteroatoms. The molecule has 3 N–H and O–H groups in total. The predicted octanol–water partition coefficient (Wildman–Crippen LogP) is 2.33. The number of rotatable bonds is 10. The molecule has 0 unspecified atom stereocenters. The Morgan fingerprint density at radius 1 is 1.14 bits per heavy atom. The van der Waals surface area contributed by atoms with E-state index in [0.29, 0.717) is 43.9 Å². The second-order valence-electron chi connectivity index (χ2n) is 4.88. The van der Waals surface area contributed by atoms with Gasteiger partial charge in [0.1, 0.15) is 5.75 Å². The highest BCUT2D eigenvalue weighted by Gasteiger charge is 2.02. The van der Waals surface area contributed by atoms with Crippen LogP contribution in [0.5, 0.6) is 5.75 Å². The summed E-state index contributed by atoms with van der Waals surface area (Å²) in [5, 5.41) is 2.85. The number of amides is 1. The first-order valence-electron chi connectivity index (χ1n) is 7.34. The number of ether oxygens (including phenoxy) is 1. The third-order valence-corrected chi connectivity index (χ3v) is 3.03. The van der Waals surface area contributed by atoms with Gasteiger partial charge in [-0.1, -0.05) is 0 Å². The van der Waals surface area contributed by atoms with Gasteiger partial charge in [0, 0.05) is 18.5 Å². The number of hydrogen-bond donors (Lipinski definition) is 2. The normalized spacial score (nSPS) is 9.73. The molecule has 0 saturated carbocycles. The van der Waals surface area contributed by atoms with Crippen LogP contribution in [0, 0.1) is 0 Å². The summed E-state index contributed by atoms with van der Waals surface area (Å²) in [5.74, 6) is 0.791. The first-order chi connectivity index (χ1) is 10.1. The van der Waals surface area contributed by atoms with Crippen molar-refractivity contribution >= 4 is 24.1 Å². The average molecular weight is 329 g/mol. The van der Waals surface area contributed by atoms with Gasteiger partial charge in [-0.3, -0.25) is 9.59 Å². The maximum atomic E-state index is 11.5. The number of halogens is 1. The number of carbonyl (C=O) groups is 2. The summed E-state index contributed by atoms with van der Waals surface area (Å²) < 4.78 is 5.53. The lowest BCUT2D eigenvalue weighted by molar-refractivity contribution is -0.121. The molecule has 0 aromatic heterocycles. The Morgan fingerprint density at radius 2 is 1.82 bits per heavy atom. The lowest BCUT2D eigenvalue weighted by Crippen LogP contribution is -2.25. The molecule has 0 spiro atoms. The van der Waals surface area contributed by atoms with E-state index in [0.717, 1.165) is 12.8 Å². The third-order valence-electron chi connectivity index (χ3n) is 3.03. The standard InChI is InChI=1S/C16H24N2O3.ClH/c1-13(19)14-6-8-15(9-7-14)21-12-4-5-16(20)18-11-3-2-10-17;/h6-9H,2-5,10-12,17H2,1H3,(H,18,20);1H. The predicted molar refractivity (Wildman–Crippen MR) is 89.7 cm³/mol. The monoisotopic (exact) mass is 328 g/mol. The SMILES string of the molecule is CC(=O)c1ccc(OCCCC(=O)NCCCCN)cc1.Cl. The number of unbranched alkanes of at least 4 members (excludes halogenated alkanes) is 1. The van der Waals surface area contributed by atoms with Crippen molar-refractivity contribution in [3.8, 4) is 5.75 Å². The summed E-state index contributed by atoms with van der Waals surface area (Å²) in [4.78, 5) is 22.6. The summed E-state index contributed by atoms with van der Waals surface area (Å²) in [6, 6.07) is 7.01. The highest BCUT2D eigenvalue weighted by Crippen LogP contribution is 2.12. The molecule has 0 saturated heterocycles. The Morgan fingerprint density at radius 3 is 2.41 bits per heavy atom. The van der Waals surface area contributed by atoms with E-state index in [4.69, 9.17) is 10.5 Å². The number of carbonyl (C=O) groups excluding carboxylic acids is 2. The number of ketones is 1. The quantitative estimate of drug-likeness (QED) is 0.510. The highest BCUT2D eigenvalue weighted by atomic mass is 35.5. The van der Waals surface area contributed by atoms with Crippen molar-refractivity contribution in [2.45, 2.75) is 32.6 Å². The molecule has 1 amide bonds. The summed E-state index contributed by atoms with van der Waals surface area (Å²) in [5.41, 5.74) is 6.04. The van der Waals surface area contributed by atoms with Gasteiger partial charge in [0.05, 0.1) is 6.61 Å². The van der Waals surface area contributed by atoms with Gasteiger partial charge < -0.3 is 15.8 Å². The van der Waals surface area contributed by atoms with Gasteiger partial charge >= 0.3 is 0 Å². The zero-order valence-electron chi connectivity index (χ0n) is 13.0. The lowest BCUT2D eigenvalue weighted by Gasteiger charge is -2.07. The third kappa shape index (κ3) is 8.64. The molecule has 1 aromatic rings. The fraction of sp³-hybridized carbons (Fsp3) is 0.500. The van der Waals surface area contributed by atoms with Crippen LogP contribution in [0.2, 0.25) is 0 Å². The Hall–Kier alpha value is -1.59. The van der Waals surface area contributed by atoms with Crippen LogP contribution in [0.4, 0.5) is 0 Å². The van der Waals surface area contributed by atoms with Gasteiger partial charge in [0.15, 0.2) is 5.78 Å². The fourth-order valence-corrected chi connectivity index (χ4v) is 1.79. The molecular weight excluding hydrogens is 304 g/mol. The molecule has 0 fully saturated rings. The van der Waals surface area contributed by atoms with Crippen LogP contribution in [0.1, 0.15) is 43.0 Å². The van der Waals surface area contributed by atoms with Crippen molar-refractivity contribution in [1.82, 2.24) is 5.32 Å². The maximum absolute atomic E-state index is 11.5. The van der Waals surface area contributed by atoms with Gasteiger partial charge in [0.2, 0.25) is 5.91 Å². The molecule has 22 heavy (non-hydrogen) atoms. The number of Topliss-reactive ketones (excluding diaryl/α,β-unsaturated/α-hetero) is 1. The molecule has 1 rings (SSSR count). The molecule has 0 aliphatic heterocycles. The second kappa shape index (κ2) is 12.0. The molecule has 1 aromatic carbocycles. The van der Waals surface area contributed by atoms with Crippen LogP contribution >= 0.6 is 12.4 Å². The van der Waals surface area contributed by atoms with Crippen LogP contribution in [0.3, 0.4) is 0 Å². The van der Waals surface area contributed by atoms with Crippen LogP contribution < -0.4 is 15.8 Å². The summed E-state index contributed by atoms with van der Waals surface area (Å²) in [7, 11) is 0. The number of nitrogens with one attached hydrogen (secondary N) is 1. The van der Waals surface area contributed by atoms with Crippen molar-refractivity contribution < 1.29 is 14.3 Å². The molecule has 124 valence electrons. The first-order valence-corrected chi connectivity index (χ1v) is 7.34. The Labute approximate surface area is 138 Å². The summed E-state index contributed by atoms with van der Waals surface area (Å²) in [6.45, 7) is 3.35. The molecule has 0 bridgehead atoms. The van der Waals surface area contributed by atoms with E-state index in [2.05, 4.69) is 5.32 Å². The van der Waals surface area contributed by atoms with E-state index in [1.807, 2.05) is 0 Å². The van der Waals surface area contributed by atoms with Crippen LogP contribution in [0.15, 0.2) is 24.3 Å². The van der Waals surface area contributed by atoms with E-state index in [1.54, 1.807) is 24.3 Å². The van der Waals surface area contributed by atoms with E-state index in [1.165, 1.54) is 6.92 Å². The minimum Gasteiger partial charge on any atom is -0.494 e. The van der Waals surface area contributed by atoms with Crippen LogP contribution in [0.25, 0.3) is 0 Å². The Balaban J connectivity index is 0.00000441. The minimum atomic E-state index is 0. The average Bonchev–Trinajstić information content (AvgIpc) is 2.48. The van der Waals surface area contributed by atoms with E-state index in [9.17, 15) is 9.59 Å². The number of benzene rings is 1. The minimum absolute atomic E-state index is 0. The second-order valence-corrected chi connectivity index (χ2v) is 4.88. The molecule has 0 atom stereocenters. The van der Waals surface area contributed by atoms with Crippen molar-refractivity contribution in [1.29, 1.82) is 0 Å². The van der Waals surface area contributed by atoms with Gasteiger partial charge in [-0.05, 0) is 57.0 Å². The zero-order chi connectivity index (χ0) is 15.5. The topological polar surface area (TPSA) is 81.4 Å². The lowest BCUT2D eigenvalue weighted by atomic mass is 10.1. The van der Waals surface area contributed by atoms with Crippen molar-refractivity contribution in [3.63, 3.8) is 0 Å². The zero-order valence-corrected chi connectivity index (χ0v) is 13.8. The van der Waals surface area contributed by atoms with E-state index < -0.39 is 0 Å². The van der Waals surface area contributed by atoms with Gasteiger partial charge in [-0.15, -0.1) is 12.4 Å². The Bertz CT molecular complexity index is 449. The highest BCUT2D eigenvalue weighted by molar-refractivity contribution is 5.94.